The molecule has 0 radical (unpaired) electrons. The van der Waals surface area contributed by atoms with Crippen LogP contribution in [0.3, 0.4) is 0 Å². The van der Waals surface area contributed by atoms with Crippen LogP contribution in [0.1, 0.15) is 12.5 Å². The van der Waals surface area contributed by atoms with E-state index in [1.54, 1.807) is 0 Å². The first-order valence-electron chi connectivity index (χ1n) is 6.72. The third-order valence-corrected chi connectivity index (χ3v) is 4.16. The Morgan fingerprint density at radius 2 is 1.53 bits per heavy atom. The second-order valence-electron chi connectivity index (χ2n) is 5.38. The van der Waals surface area contributed by atoms with Crippen LogP contribution in [0.25, 0.3) is 11.1 Å². The van der Waals surface area contributed by atoms with Gasteiger partial charge in [0.15, 0.2) is 0 Å². The summed E-state index contributed by atoms with van der Waals surface area (Å²) < 4.78 is 5.39. The summed E-state index contributed by atoms with van der Waals surface area (Å²) >= 11 is 0. The Morgan fingerprint density at radius 3 is 2.00 bits per heavy atom. The van der Waals surface area contributed by atoms with Crippen molar-refractivity contribution in [3.8, 4) is 11.1 Å². The van der Waals surface area contributed by atoms with Gasteiger partial charge >= 0.3 is 0 Å². The summed E-state index contributed by atoms with van der Waals surface area (Å²) in [6, 6.07) is 19.3. The fourth-order valence-electron chi connectivity index (χ4n) is 2.64. The van der Waals surface area contributed by atoms with Crippen LogP contribution in [0.2, 0.25) is 0 Å². The minimum atomic E-state index is 0.00914. The van der Waals surface area contributed by atoms with E-state index in [1.165, 1.54) is 16.7 Å². The lowest BCUT2D eigenvalue weighted by Crippen LogP contribution is -2.57. The van der Waals surface area contributed by atoms with Crippen LogP contribution in [-0.4, -0.2) is 19.3 Å². The van der Waals surface area contributed by atoms with Crippen molar-refractivity contribution in [2.75, 3.05) is 13.2 Å². The molecule has 2 aromatic carbocycles. The van der Waals surface area contributed by atoms with E-state index in [0.29, 0.717) is 0 Å². The Balaban J connectivity index is 1.91. The molecule has 1 aliphatic heterocycles. The topological polar surface area (TPSA) is 35.2 Å². The van der Waals surface area contributed by atoms with E-state index in [2.05, 4.69) is 55.5 Å². The van der Waals surface area contributed by atoms with Gasteiger partial charge in [-0.2, -0.15) is 0 Å². The number of nitrogens with two attached hydrogens (primary N) is 1. The molecular formula is C17H19NO. The molecule has 1 unspecified atom stereocenters. The number of ether oxygens (including phenoxy) is 1. The summed E-state index contributed by atoms with van der Waals surface area (Å²) in [5.74, 6) is 0. The highest BCUT2D eigenvalue weighted by molar-refractivity contribution is 5.63. The third kappa shape index (κ3) is 2.07. The van der Waals surface area contributed by atoms with Gasteiger partial charge in [-0.15, -0.1) is 0 Å². The second kappa shape index (κ2) is 4.80. The molecule has 0 bridgehead atoms. The fraction of sp³-hybridized carbons (Fsp3) is 0.294. The minimum absolute atomic E-state index is 0.00914. The third-order valence-electron chi connectivity index (χ3n) is 4.16. The number of rotatable bonds is 3. The second-order valence-corrected chi connectivity index (χ2v) is 5.38. The van der Waals surface area contributed by atoms with E-state index < -0.39 is 0 Å². The van der Waals surface area contributed by atoms with Crippen molar-refractivity contribution < 1.29 is 4.74 Å². The summed E-state index contributed by atoms with van der Waals surface area (Å²) in [5, 5.41) is 0. The maximum atomic E-state index is 6.13. The van der Waals surface area contributed by atoms with Gasteiger partial charge < -0.3 is 10.5 Å². The highest BCUT2D eigenvalue weighted by Crippen LogP contribution is 2.35. The van der Waals surface area contributed by atoms with Crippen LogP contribution < -0.4 is 5.73 Å². The van der Waals surface area contributed by atoms with E-state index in [-0.39, 0.29) is 11.5 Å². The summed E-state index contributed by atoms with van der Waals surface area (Å²) in [6.45, 7) is 3.53. The summed E-state index contributed by atoms with van der Waals surface area (Å²) in [5.41, 5.74) is 9.91. The van der Waals surface area contributed by atoms with Crippen molar-refractivity contribution in [2.24, 2.45) is 5.73 Å². The largest absolute Gasteiger partial charge is 0.379 e. The lowest BCUT2D eigenvalue weighted by atomic mass is 9.73. The van der Waals surface area contributed by atoms with E-state index in [1.807, 2.05) is 6.07 Å². The Morgan fingerprint density at radius 1 is 0.947 bits per heavy atom. The first kappa shape index (κ1) is 12.4. The van der Waals surface area contributed by atoms with Crippen molar-refractivity contribution in [3.63, 3.8) is 0 Å². The Bertz CT molecular complexity index is 541. The van der Waals surface area contributed by atoms with Gasteiger partial charge in [0.25, 0.3) is 0 Å². The molecule has 3 rings (SSSR count). The predicted molar refractivity (Wildman–Crippen MR) is 78.0 cm³/mol. The molecule has 98 valence electrons. The van der Waals surface area contributed by atoms with Gasteiger partial charge in [-0.25, -0.2) is 0 Å². The molecule has 0 spiro atoms. The number of hydrogen-bond donors (Lipinski definition) is 1. The SMILES string of the molecule is CC(N)C1(c2ccc(-c3ccccc3)cc2)COC1. The van der Waals surface area contributed by atoms with Crippen LogP contribution in [0, 0.1) is 0 Å². The predicted octanol–water partition coefficient (Wildman–Crippen LogP) is 2.97. The van der Waals surface area contributed by atoms with Gasteiger partial charge in [-0.05, 0) is 23.6 Å². The fourth-order valence-corrected chi connectivity index (χ4v) is 2.64. The molecular weight excluding hydrogens is 234 g/mol. The molecule has 1 aliphatic rings. The summed E-state index contributed by atoms with van der Waals surface area (Å²) in [6.07, 6.45) is 0. The van der Waals surface area contributed by atoms with Crippen LogP contribution in [-0.2, 0) is 10.2 Å². The van der Waals surface area contributed by atoms with Crippen LogP contribution in [0.5, 0.6) is 0 Å². The van der Waals surface area contributed by atoms with Crippen LogP contribution >= 0.6 is 0 Å². The first-order valence-corrected chi connectivity index (χ1v) is 6.72. The van der Waals surface area contributed by atoms with E-state index in [9.17, 15) is 0 Å². The molecule has 0 aromatic heterocycles. The molecule has 0 saturated carbocycles. The van der Waals surface area contributed by atoms with E-state index in [4.69, 9.17) is 10.5 Å². The zero-order valence-corrected chi connectivity index (χ0v) is 11.2. The number of hydrogen-bond acceptors (Lipinski definition) is 2. The zero-order chi connectivity index (χ0) is 13.3. The number of benzene rings is 2. The normalized spacial score (nSPS) is 18.6. The van der Waals surface area contributed by atoms with Crippen molar-refractivity contribution in [1.29, 1.82) is 0 Å². The maximum absolute atomic E-state index is 6.13. The minimum Gasteiger partial charge on any atom is -0.379 e. The van der Waals surface area contributed by atoms with Gasteiger partial charge in [0.1, 0.15) is 0 Å². The van der Waals surface area contributed by atoms with Gasteiger partial charge in [0.2, 0.25) is 0 Å². The maximum Gasteiger partial charge on any atom is 0.0600 e. The molecule has 19 heavy (non-hydrogen) atoms. The van der Waals surface area contributed by atoms with Crippen molar-refractivity contribution >= 4 is 0 Å². The molecule has 0 aliphatic carbocycles. The molecule has 1 saturated heterocycles. The van der Waals surface area contributed by atoms with Crippen LogP contribution in [0.4, 0.5) is 0 Å². The zero-order valence-electron chi connectivity index (χ0n) is 11.2. The Labute approximate surface area is 114 Å². The first-order chi connectivity index (χ1) is 9.22. The average molecular weight is 253 g/mol. The summed E-state index contributed by atoms with van der Waals surface area (Å²) in [7, 11) is 0. The molecule has 0 amide bonds. The van der Waals surface area contributed by atoms with Crippen molar-refractivity contribution in [2.45, 2.75) is 18.4 Å². The standard InChI is InChI=1S/C17H19NO/c1-13(18)17(11-19-12-17)16-9-7-15(8-10-16)14-5-3-2-4-6-14/h2-10,13H,11-12,18H2,1H3. The monoisotopic (exact) mass is 253 g/mol. The molecule has 1 atom stereocenters. The highest BCUT2D eigenvalue weighted by atomic mass is 16.5. The molecule has 2 heteroatoms. The molecule has 2 N–H and O–H groups in total. The molecule has 2 aromatic rings. The smallest absolute Gasteiger partial charge is 0.0600 e. The Hall–Kier alpha value is -1.64. The van der Waals surface area contributed by atoms with Crippen molar-refractivity contribution in [1.82, 2.24) is 0 Å². The van der Waals surface area contributed by atoms with Gasteiger partial charge in [-0.3, -0.25) is 0 Å². The lowest BCUT2D eigenvalue weighted by molar-refractivity contribution is -0.0701. The van der Waals surface area contributed by atoms with E-state index >= 15 is 0 Å². The van der Waals surface area contributed by atoms with E-state index in [0.717, 1.165) is 13.2 Å². The molecule has 1 heterocycles. The van der Waals surface area contributed by atoms with Crippen molar-refractivity contribution in [3.05, 3.63) is 60.2 Å². The van der Waals surface area contributed by atoms with Gasteiger partial charge in [0, 0.05) is 6.04 Å². The lowest BCUT2D eigenvalue weighted by Gasteiger charge is -2.45. The quantitative estimate of drug-likeness (QED) is 0.912. The highest BCUT2D eigenvalue weighted by Gasteiger charge is 2.43. The van der Waals surface area contributed by atoms with Gasteiger partial charge in [0.05, 0.1) is 18.6 Å². The summed E-state index contributed by atoms with van der Waals surface area (Å²) in [4.78, 5) is 0. The molecule has 1 fully saturated rings. The average Bonchev–Trinajstić information content (AvgIpc) is 2.39. The van der Waals surface area contributed by atoms with Gasteiger partial charge in [-0.1, -0.05) is 54.6 Å². The van der Waals surface area contributed by atoms with Crippen LogP contribution in [0.15, 0.2) is 54.6 Å². The Kier molecular flexibility index (Phi) is 3.13. The molecule has 2 nitrogen and oxygen atoms in total.